The van der Waals surface area contributed by atoms with Crippen molar-refractivity contribution in [1.82, 2.24) is 19.6 Å². The number of methoxy groups -OCH3 is 1. The van der Waals surface area contributed by atoms with Gasteiger partial charge in [-0.2, -0.15) is 0 Å². The summed E-state index contributed by atoms with van der Waals surface area (Å²) in [7, 11) is 1.55. The van der Waals surface area contributed by atoms with Crippen molar-refractivity contribution in [2.45, 2.75) is 20.1 Å². The van der Waals surface area contributed by atoms with Crippen LogP contribution >= 0.6 is 15.9 Å². The van der Waals surface area contributed by atoms with Crippen molar-refractivity contribution in [3.05, 3.63) is 134 Å². The quantitative estimate of drug-likeness (QED) is 0.216. The van der Waals surface area contributed by atoms with Gasteiger partial charge in [-0.05, 0) is 48.4 Å². The number of halogens is 1. The van der Waals surface area contributed by atoms with Crippen LogP contribution < -0.4 is 15.0 Å². The van der Waals surface area contributed by atoms with Crippen molar-refractivity contribution in [3.63, 3.8) is 0 Å². The molecule has 0 saturated carbocycles. The van der Waals surface area contributed by atoms with Gasteiger partial charge in [-0.3, -0.25) is 14.2 Å². The minimum atomic E-state index is -0.285. The number of pyridine rings is 1. The van der Waals surface area contributed by atoms with Crippen LogP contribution in [-0.4, -0.2) is 32.5 Å². The highest BCUT2D eigenvalue weighted by Gasteiger charge is 2.18. The standard InChI is InChI=1S/C30H25BrN4O4/c1-20-7-3-6-10-27(20)35-17-22(11-14-29(35)36)30(37)25-13-12-24(38-2)15-28(25)39-19-23-18-34(33-32-23)16-21-8-4-5-9-26(21)31/h3-15,17-18H,16,19H2,1-2H3. The second-order valence-electron chi connectivity index (χ2n) is 8.89. The number of hydrogen-bond acceptors (Lipinski definition) is 6. The van der Waals surface area contributed by atoms with E-state index in [1.54, 1.807) is 42.4 Å². The molecule has 2 heterocycles. The molecule has 0 bridgehead atoms. The molecule has 196 valence electrons. The molecule has 5 aromatic rings. The molecular weight excluding hydrogens is 560 g/mol. The summed E-state index contributed by atoms with van der Waals surface area (Å²) >= 11 is 3.55. The summed E-state index contributed by atoms with van der Waals surface area (Å²) in [6, 6.07) is 23.4. The van der Waals surface area contributed by atoms with E-state index < -0.39 is 0 Å². The molecule has 0 N–H and O–H groups in total. The van der Waals surface area contributed by atoms with Crippen LogP contribution in [0, 0.1) is 6.92 Å². The highest BCUT2D eigenvalue weighted by molar-refractivity contribution is 9.10. The van der Waals surface area contributed by atoms with E-state index in [9.17, 15) is 9.59 Å². The Morgan fingerprint density at radius 2 is 1.77 bits per heavy atom. The molecule has 0 saturated heterocycles. The van der Waals surface area contributed by atoms with E-state index >= 15 is 0 Å². The van der Waals surface area contributed by atoms with Crippen LogP contribution in [0.15, 0.2) is 101 Å². The molecule has 0 fully saturated rings. The highest BCUT2D eigenvalue weighted by Crippen LogP contribution is 2.28. The lowest BCUT2D eigenvalue weighted by Gasteiger charge is -2.13. The normalized spacial score (nSPS) is 10.8. The average molecular weight is 585 g/mol. The van der Waals surface area contributed by atoms with Crippen molar-refractivity contribution in [2.24, 2.45) is 0 Å². The molecule has 9 heteroatoms. The number of hydrogen-bond donors (Lipinski definition) is 0. The second-order valence-corrected chi connectivity index (χ2v) is 9.75. The number of rotatable bonds is 9. The number of nitrogens with zero attached hydrogens (tertiary/aromatic N) is 4. The van der Waals surface area contributed by atoms with Crippen LogP contribution in [0.25, 0.3) is 5.69 Å². The predicted octanol–water partition coefficient (Wildman–Crippen LogP) is 5.37. The fourth-order valence-electron chi connectivity index (χ4n) is 4.17. The zero-order chi connectivity index (χ0) is 27.4. The first-order valence-corrected chi connectivity index (χ1v) is 13.0. The molecule has 0 aliphatic carbocycles. The molecule has 0 radical (unpaired) electrons. The molecule has 5 rings (SSSR count). The summed E-state index contributed by atoms with van der Waals surface area (Å²) in [5.74, 6) is 0.602. The minimum absolute atomic E-state index is 0.103. The molecular formula is C30H25BrN4O4. The van der Waals surface area contributed by atoms with Crippen LogP contribution in [0.4, 0.5) is 0 Å². The van der Waals surface area contributed by atoms with Crippen LogP contribution in [0.5, 0.6) is 11.5 Å². The van der Waals surface area contributed by atoms with Gasteiger partial charge in [0.25, 0.3) is 5.56 Å². The van der Waals surface area contributed by atoms with Gasteiger partial charge >= 0.3 is 0 Å². The topological polar surface area (TPSA) is 88.2 Å². The number of ether oxygens (including phenoxy) is 2. The van der Waals surface area contributed by atoms with Gasteiger partial charge in [0.15, 0.2) is 5.78 Å². The summed E-state index contributed by atoms with van der Waals surface area (Å²) < 4.78 is 15.6. The fraction of sp³-hybridized carbons (Fsp3) is 0.133. The molecule has 0 aliphatic heterocycles. The summed E-state index contributed by atoms with van der Waals surface area (Å²) in [6.45, 7) is 2.57. The van der Waals surface area contributed by atoms with Gasteiger partial charge in [-0.25, -0.2) is 4.68 Å². The summed E-state index contributed by atoms with van der Waals surface area (Å²) in [5.41, 5.74) is 3.79. The number of carbonyl (C=O) groups is 1. The van der Waals surface area contributed by atoms with E-state index in [-0.39, 0.29) is 17.9 Å². The van der Waals surface area contributed by atoms with Crippen molar-refractivity contribution < 1.29 is 14.3 Å². The van der Waals surface area contributed by atoms with Crippen LogP contribution in [0.2, 0.25) is 0 Å². The van der Waals surface area contributed by atoms with Crippen LogP contribution in [-0.2, 0) is 13.2 Å². The van der Waals surface area contributed by atoms with Gasteiger partial charge in [0.1, 0.15) is 23.8 Å². The zero-order valence-corrected chi connectivity index (χ0v) is 23.0. The number of aryl methyl sites for hydroxylation is 1. The number of para-hydroxylation sites is 1. The molecule has 3 aromatic carbocycles. The Bertz CT molecular complexity index is 1710. The van der Waals surface area contributed by atoms with Crippen LogP contribution in [0.1, 0.15) is 32.7 Å². The zero-order valence-electron chi connectivity index (χ0n) is 21.4. The van der Waals surface area contributed by atoms with E-state index in [1.807, 2.05) is 55.5 Å². The Kier molecular flexibility index (Phi) is 7.69. The third kappa shape index (κ3) is 5.83. The molecule has 0 spiro atoms. The van der Waals surface area contributed by atoms with Gasteiger partial charge in [0.05, 0.1) is 31.1 Å². The molecule has 0 unspecified atom stereocenters. The summed E-state index contributed by atoms with van der Waals surface area (Å²) in [6.07, 6.45) is 3.37. The first-order chi connectivity index (χ1) is 18.9. The SMILES string of the molecule is COc1ccc(C(=O)c2ccc(=O)n(-c3ccccc3C)c2)c(OCc2cn(Cc3ccccc3Br)nn2)c1. The number of benzene rings is 3. The summed E-state index contributed by atoms with van der Waals surface area (Å²) in [5, 5.41) is 8.41. The summed E-state index contributed by atoms with van der Waals surface area (Å²) in [4.78, 5) is 26.2. The van der Waals surface area contributed by atoms with Gasteiger partial charge in [-0.15, -0.1) is 5.10 Å². The highest BCUT2D eigenvalue weighted by atomic mass is 79.9. The first kappa shape index (κ1) is 26.1. The monoisotopic (exact) mass is 584 g/mol. The van der Waals surface area contributed by atoms with Crippen molar-refractivity contribution >= 4 is 21.7 Å². The maximum Gasteiger partial charge on any atom is 0.255 e. The first-order valence-electron chi connectivity index (χ1n) is 12.2. The second kappa shape index (κ2) is 11.5. The van der Waals surface area contributed by atoms with Gasteiger partial charge in [-0.1, -0.05) is 57.5 Å². The Morgan fingerprint density at radius 3 is 2.56 bits per heavy atom. The van der Waals surface area contributed by atoms with Gasteiger partial charge in [0.2, 0.25) is 0 Å². The van der Waals surface area contributed by atoms with E-state index in [0.717, 1.165) is 15.6 Å². The third-order valence-electron chi connectivity index (χ3n) is 6.23. The molecule has 0 amide bonds. The Morgan fingerprint density at radius 1 is 0.974 bits per heavy atom. The molecule has 0 aliphatic rings. The predicted molar refractivity (Wildman–Crippen MR) is 151 cm³/mol. The van der Waals surface area contributed by atoms with E-state index in [4.69, 9.17) is 9.47 Å². The van der Waals surface area contributed by atoms with Crippen molar-refractivity contribution in [2.75, 3.05) is 7.11 Å². The Balaban J connectivity index is 1.39. The number of carbonyl (C=O) groups excluding carboxylic acids is 1. The lowest BCUT2D eigenvalue weighted by Crippen LogP contribution is -2.19. The molecule has 8 nitrogen and oxygen atoms in total. The largest absolute Gasteiger partial charge is 0.497 e. The van der Waals surface area contributed by atoms with Gasteiger partial charge < -0.3 is 9.47 Å². The minimum Gasteiger partial charge on any atom is -0.497 e. The number of ketones is 1. The molecule has 39 heavy (non-hydrogen) atoms. The average Bonchev–Trinajstić information content (AvgIpc) is 3.40. The fourth-order valence-corrected chi connectivity index (χ4v) is 4.58. The molecule has 2 aromatic heterocycles. The Hall–Kier alpha value is -4.50. The Labute approximate surface area is 233 Å². The lowest BCUT2D eigenvalue weighted by molar-refractivity contribution is 0.103. The van der Waals surface area contributed by atoms with Gasteiger partial charge in [0, 0.05) is 28.4 Å². The van der Waals surface area contributed by atoms with Crippen molar-refractivity contribution in [1.29, 1.82) is 0 Å². The van der Waals surface area contributed by atoms with E-state index in [0.29, 0.717) is 40.6 Å². The number of aromatic nitrogens is 4. The maximum absolute atomic E-state index is 13.6. The maximum atomic E-state index is 13.6. The van der Waals surface area contributed by atoms with E-state index in [1.165, 1.54) is 16.7 Å². The van der Waals surface area contributed by atoms with Crippen molar-refractivity contribution in [3.8, 4) is 17.2 Å². The molecule has 0 atom stereocenters. The lowest BCUT2D eigenvalue weighted by atomic mass is 10.0. The van der Waals surface area contributed by atoms with Crippen LogP contribution in [0.3, 0.4) is 0 Å². The van der Waals surface area contributed by atoms with E-state index in [2.05, 4.69) is 26.2 Å². The smallest absolute Gasteiger partial charge is 0.255 e. The third-order valence-corrected chi connectivity index (χ3v) is 7.01.